The molecular weight excluding hydrogens is 590 g/mol. The van der Waals surface area contributed by atoms with Crippen molar-refractivity contribution in [3.63, 3.8) is 0 Å². The molecule has 4 heterocycles. The van der Waals surface area contributed by atoms with Gasteiger partial charge in [0.25, 0.3) is 0 Å². The van der Waals surface area contributed by atoms with E-state index < -0.39 is 0 Å². The summed E-state index contributed by atoms with van der Waals surface area (Å²) in [6.07, 6.45) is 10.3. The smallest absolute Gasteiger partial charge is 0.147 e. The van der Waals surface area contributed by atoms with E-state index in [0.717, 1.165) is 63.4 Å². The van der Waals surface area contributed by atoms with Crippen LogP contribution in [0.4, 0.5) is 5.82 Å². The lowest BCUT2D eigenvalue weighted by molar-refractivity contribution is -0.0156. The maximum absolute atomic E-state index is 6.59. The van der Waals surface area contributed by atoms with E-state index in [2.05, 4.69) is 31.7 Å². The molecule has 2 fully saturated rings. The summed E-state index contributed by atoms with van der Waals surface area (Å²) in [5, 5.41) is 2.56. The zero-order valence-corrected chi connectivity index (χ0v) is 26.7. The van der Waals surface area contributed by atoms with Gasteiger partial charge >= 0.3 is 0 Å². The molecule has 10 heteroatoms. The largest absolute Gasteiger partial charge is 0.497 e. The molecule has 3 aromatic heterocycles. The number of methoxy groups -OCH3 is 2. The number of halogens is 1. The van der Waals surface area contributed by atoms with Crippen molar-refractivity contribution in [2.45, 2.75) is 63.3 Å². The maximum Gasteiger partial charge on any atom is 0.147 e. The van der Waals surface area contributed by atoms with Gasteiger partial charge in [-0.05, 0) is 73.6 Å². The van der Waals surface area contributed by atoms with Crippen LogP contribution < -0.4 is 19.1 Å². The monoisotopic (exact) mass is 627 g/mol. The molecule has 7 rings (SSSR count). The molecular formula is C35H38ClN5O4. The second-order valence-corrected chi connectivity index (χ2v) is 12.4. The lowest BCUT2D eigenvalue weighted by Crippen LogP contribution is -2.19. The highest BCUT2D eigenvalue weighted by Gasteiger charge is 2.31. The van der Waals surface area contributed by atoms with E-state index >= 15 is 0 Å². The Labute approximate surface area is 268 Å². The van der Waals surface area contributed by atoms with Crippen LogP contribution in [0.1, 0.15) is 61.8 Å². The average Bonchev–Trinajstić information content (AvgIpc) is 3.84. The third kappa shape index (κ3) is 5.99. The molecule has 5 aromatic rings. The van der Waals surface area contributed by atoms with Crippen LogP contribution in [0.25, 0.3) is 21.9 Å². The summed E-state index contributed by atoms with van der Waals surface area (Å²) in [5.41, 5.74) is 4.04. The first-order chi connectivity index (χ1) is 22.0. The molecule has 45 heavy (non-hydrogen) atoms. The number of aromatic nitrogens is 4. The van der Waals surface area contributed by atoms with Crippen molar-refractivity contribution in [2.75, 3.05) is 32.8 Å². The van der Waals surface area contributed by atoms with E-state index in [1.165, 1.54) is 31.2 Å². The second kappa shape index (κ2) is 12.7. The molecule has 0 bridgehead atoms. The van der Waals surface area contributed by atoms with E-state index in [1.54, 1.807) is 20.5 Å². The Morgan fingerprint density at radius 3 is 2.60 bits per heavy atom. The Balaban J connectivity index is 1.02. The fraction of sp³-hybridized carbons (Fsp3) is 0.400. The second-order valence-electron chi connectivity index (χ2n) is 12.0. The highest BCUT2D eigenvalue weighted by molar-refractivity contribution is 6.34. The minimum atomic E-state index is -0.108. The van der Waals surface area contributed by atoms with E-state index in [-0.39, 0.29) is 12.3 Å². The van der Waals surface area contributed by atoms with Gasteiger partial charge in [0.2, 0.25) is 0 Å². The highest BCUT2D eigenvalue weighted by atomic mass is 35.5. The molecule has 1 saturated carbocycles. The normalized spacial score (nSPS) is 18.6. The SMILES string of the molecule is COc1ccc(CN(C)c2ccc3ccc(OCC4CCC(n5cc(C6CCCC6)c6c(Cl)ncnc65)O4)cc3n2)c(OC)c1. The Morgan fingerprint density at radius 2 is 1.78 bits per heavy atom. The van der Waals surface area contributed by atoms with Crippen LogP contribution in [0.2, 0.25) is 5.15 Å². The van der Waals surface area contributed by atoms with Gasteiger partial charge in [-0.3, -0.25) is 0 Å². The van der Waals surface area contributed by atoms with Gasteiger partial charge < -0.3 is 28.4 Å². The molecule has 9 nitrogen and oxygen atoms in total. The lowest BCUT2D eigenvalue weighted by atomic mass is 9.98. The molecule has 0 N–H and O–H groups in total. The number of hydrogen-bond acceptors (Lipinski definition) is 8. The van der Waals surface area contributed by atoms with Crippen molar-refractivity contribution >= 4 is 39.4 Å². The number of rotatable bonds is 10. The minimum absolute atomic E-state index is 0.0275. The van der Waals surface area contributed by atoms with Crippen LogP contribution in [0, 0.1) is 0 Å². The molecule has 0 amide bonds. The van der Waals surface area contributed by atoms with Gasteiger partial charge in [-0.1, -0.05) is 24.4 Å². The van der Waals surface area contributed by atoms with E-state index in [1.807, 2.05) is 49.5 Å². The summed E-state index contributed by atoms with van der Waals surface area (Å²) in [5.74, 6) is 3.68. The third-order valence-electron chi connectivity index (χ3n) is 9.16. The quantitative estimate of drug-likeness (QED) is 0.146. The van der Waals surface area contributed by atoms with Gasteiger partial charge in [0, 0.05) is 42.9 Å². The van der Waals surface area contributed by atoms with Crippen molar-refractivity contribution < 1.29 is 18.9 Å². The molecule has 0 spiro atoms. The number of pyridine rings is 1. The Bertz CT molecular complexity index is 1820. The lowest BCUT2D eigenvalue weighted by Gasteiger charge is -2.20. The standard InChI is InChI=1S/C35H38ClN5O4/c1-40(18-24-9-11-25(42-2)17-30(24)43-3)31-14-10-23-8-12-26(16-29(23)39-31)44-20-27-13-15-32(45-27)41-19-28(22-6-4-5-7-22)33-34(36)37-21-38-35(33)41/h8-12,14,16-17,19,21-22,27,32H,4-7,13,15,18,20H2,1-3H3. The van der Waals surface area contributed by atoms with Crippen molar-refractivity contribution in [3.05, 3.63) is 77.3 Å². The van der Waals surface area contributed by atoms with Crippen LogP contribution in [0.3, 0.4) is 0 Å². The zero-order chi connectivity index (χ0) is 30.9. The van der Waals surface area contributed by atoms with Crippen LogP contribution in [-0.4, -0.2) is 53.5 Å². The number of benzene rings is 2. The van der Waals surface area contributed by atoms with Gasteiger partial charge in [0.15, 0.2) is 0 Å². The molecule has 2 aromatic carbocycles. The molecule has 2 atom stereocenters. The maximum atomic E-state index is 6.59. The van der Waals surface area contributed by atoms with Crippen molar-refractivity contribution in [2.24, 2.45) is 0 Å². The van der Waals surface area contributed by atoms with Gasteiger partial charge in [-0.25, -0.2) is 15.0 Å². The predicted molar refractivity (Wildman–Crippen MR) is 176 cm³/mol. The first-order valence-corrected chi connectivity index (χ1v) is 16.0. The summed E-state index contributed by atoms with van der Waals surface area (Å²) in [6, 6.07) is 16.0. The number of nitrogens with zero attached hydrogens (tertiary/aromatic N) is 5. The fourth-order valence-corrected chi connectivity index (χ4v) is 6.99. The number of hydrogen-bond donors (Lipinski definition) is 0. The Morgan fingerprint density at radius 1 is 0.956 bits per heavy atom. The molecule has 1 saturated heterocycles. The summed E-state index contributed by atoms with van der Waals surface area (Å²) >= 11 is 6.59. The third-order valence-corrected chi connectivity index (χ3v) is 9.45. The number of anilines is 1. The van der Waals surface area contributed by atoms with E-state index in [0.29, 0.717) is 24.2 Å². The van der Waals surface area contributed by atoms with Crippen molar-refractivity contribution in [1.82, 2.24) is 19.5 Å². The summed E-state index contributed by atoms with van der Waals surface area (Å²) in [4.78, 5) is 16.0. The van der Waals surface area contributed by atoms with E-state index in [9.17, 15) is 0 Å². The molecule has 0 radical (unpaired) electrons. The number of ether oxygens (including phenoxy) is 4. The highest BCUT2D eigenvalue weighted by Crippen LogP contribution is 2.42. The predicted octanol–water partition coefficient (Wildman–Crippen LogP) is 7.70. The van der Waals surface area contributed by atoms with Crippen molar-refractivity contribution in [1.29, 1.82) is 0 Å². The Kier molecular flexibility index (Phi) is 8.38. The minimum Gasteiger partial charge on any atom is -0.497 e. The summed E-state index contributed by atoms with van der Waals surface area (Å²) in [7, 11) is 5.35. The summed E-state index contributed by atoms with van der Waals surface area (Å²) in [6.45, 7) is 1.10. The summed E-state index contributed by atoms with van der Waals surface area (Å²) < 4.78 is 25.9. The van der Waals surface area contributed by atoms with Crippen LogP contribution >= 0.6 is 11.6 Å². The van der Waals surface area contributed by atoms with Crippen LogP contribution in [0.15, 0.2) is 61.1 Å². The topological polar surface area (TPSA) is 83.8 Å². The molecule has 1 aliphatic heterocycles. The average molecular weight is 628 g/mol. The van der Waals surface area contributed by atoms with Crippen LogP contribution in [-0.2, 0) is 11.3 Å². The Hall–Kier alpha value is -4.08. The fourth-order valence-electron chi connectivity index (χ4n) is 6.75. The molecule has 1 aliphatic carbocycles. The van der Waals surface area contributed by atoms with E-state index in [4.69, 9.17) is 35.5 Å². The molecule has 2 aliphatic rings. The van der Waals surface area contributed by atoms with Crippen molar-refractivity contribution in [3.8, 4) is 17.2 Å². The van der Waals surface area contributed by atoms with Gasteiger partial charge in [-0.15, -0.1) is 0 Å². The van der Waals surface area contributed by atoms with Gasteiger partial charge in [0.1, 0.15) is 53.0 Å². The zero-order valence-electron chi connectivity index (χ0n) is 25.9. The first-order valence-electron chi connectivity index (χ1n) is 15.6. The van der Waals surface area contributed by atoms with Crippen LogP contribution in [0.5, 0.6) is 17.2 Å². The molecule has 234 valence electrons. The first kappa shape index (κ1) is 29.6. The van der Waals surface area contributed by atoms with Gasteiger partial charge in [0.05, 0.1) is 31.2 Å². The number of fused-ring (bicyclic) bond motifs is 2. The van der Waals surface area contributed by atoms with Gasteiger partial charge in [-0.2, -0.15) is 0 Å². The molecule has 2 unspecified atom stereocenters.